The molecule has 7 unspecified atom stereocenters. The van der Waals surface area contributed by atoms with Crippen LogP contribution in [0.2, 0.25) is 10.0 Å². The number of phenols is 2. The number of benzene rings is 2. The van der Waals surface area contributed by atoms with E-state index in [1.54, 1.807) is 12.1 Å². The summed E-state index contributed by atoms with van der Waals surface area (Å²) >= 11 is 14.1. The molecule has 63 heavy (non-hydrogen) atoms. The summed E-state index contributed by atoms with van der Waals surface area (Å²) in [6.45, 7) is 5.95. The maximum Gasteiger partial charge on any atom is 0.310 e. The summed E-state index contributed by atoms with van der Waals surface area (Å²) in [5.41, 5.74) is 0.999. The third kappa shape index (κ3) is 11.0. The van der Waals surface area contributed by atoms with Gasteiger partial charge in [-0.3, -0.25) is 4.79 Å². The Morgan fingerprint density at radius 2 is 1.14 bits per heavy atom. The van der Waals surface area contributed by atoms with Crippen molar-refractivity contribution in [3.05, 3.63) is 90.1 Å². The number of carbonyl (C=O) groups is 1. The van der Waals surface area contributed by atoms with Gasteiger partial charge in [-0.05, 0) is 51.2 Å². The van der Waals surface area contributed by atoms with E-state index in [0.717, 1.165) is 116 Å². The third-order valence-electron chi connectivity index (χ3n) is 13.9. The van der Waals surface area contributed by atoms with Gasteiger partial charge in [-0.25, -0.2) is 0 Å². The van der Waals surface area contributed by atoms with E-state index in [9.17, 15) is 15.0 Å². The molecule has 1 spiro atoms. The second kappa shape index (κ2) is 23.2. The molecule has 6 heterocycles. The van der Waals surface area contributed by atoms with Crippen LogP contribution in [0.3, 0.4) is 0 Å². The van der Waals surface area contributed by atoms with Gasteiger partial charge in [-0.15, -0.1) is 37.8 Å². The van der Waals surface area contributed by atoms with E-state index in [0.29, 0.717) is 59.9 Å². The van der Waals surface area contributed by atoms with Gasteiger partial charge in [-0.2, -0.15) is 6.20 Å². The Balaban J connectivity index is 0.00000187. The van der Waals surface area contributed by atoms with Gasteiger partial charge in [0.2, 0.25) is 0 Å². The number of nitrogens with zero attached hydrogens (tertiary/aromatic N) is 6. The molecule has 0 aromatic heterocycles. The average Bonchev–Trinajstić information content (AvgIpc) is 3.55. The molecule has 7 atom stereocenters. The van der Waals surface area contributed by atoms with Crippen molar-refractivity contribution in [2.45, 2.75) is 126 Å². The van der Waals surface area contributed by atoms with Crippen LogP contribution in [0.25, 0.3) is 21.3 Å². The van der Waals surface area contributed by atoms with E-state index in [1.807, 2.05) is 18.4 Å². The van der Waals surface area contributed by atoms with Crippen LogP contribution in [-0.4, -0.2) is 107 Å². The molecule has 9 rings (SSSR count). The molecule has 6 N–H and O–H groups in total. The molecule has 13 nitrogen and oxygen atoms in total. The molecular weight excluding hydrogens is 950 g/mol. The minimum atomic E-state index is -1.29. The second-order valence-corrected chi connectivity index (χ2v) is 18.7. The summed E-state index contributed by atoms with van der Waals surface area (Å²) < 4.78 is 14.0. The van der Waals surface area contributed by atoms with Gasteiger partial charge in [0.25, 0.3) is 0 Å². The summed E-state index contributed by atoms with van der Waals surface area (Å²) in [7, 11) is 0. The van der Waals surface area contributed by atoms with Gasteiger partial charge in [-0.1, -0.05) is 118 Å². The normalized spacial score (nSPS) is 28.2. The summed E-state index contributed by atoms with van der Waals surface area (Å²) in [6, 6.07) is 3.92. The van der Waals surface area contributed by atoms with E-state index in [1.165, 1.54) is 0 Å². The van der Waals surface area contributed by atoms with Crippen LogP contribution in [0.5, 0.6) is 23.0 Å². The van der Waals surface area contributed by atoms with Crippen molar-refractivity contribution in [3.63, 3.8) is 0 Å². The molecule has 7 aliphatic rings. The van der Waals surface area contributed by atoms with Crippen LogP contribution >= 0.6 is 23.2 Å². The molecule has 5 fully saturated rings. The van der Waals surface area contributed by atoms with Crippen molar-refractivity contribution in [1.82, 2.24) is 9.80 Å². The standard InChI is InChI=1S/C46H58Cl2N6O5.2H2O.2Zn/c47-39-21-37-43(34(41(39)55)27-53(23-29-11-3-7-17-49-29)24-30-12-4-8-18-50-30)58-44-35(28-54(25-31-13-5-9-19-51-31)26-32-14-6-10-20-52-32)42(56)40(48)22-38(44)46(37)36-16-2-1-15-33(36)45(57)59-46;;;;/h3,7,11,17,21-22,29-33,36,55-56H,1-2,4-6,8-10,12-16,18-20,23-28H2;2*1H2;;/q-4;;;;. The van der Waals surface area contributed by atoms with Crippen molar-refractivity contribution in [2.75, 3.05) is 45.8 Å². The molecule has 4 saturated heterocycles. The van der Waals surface area contributed by atoms with E-state index < -0.39 is 5.60 Å². The SMILES string of the molecule is O.O.O=C1OC2(c3cc(Cl)c(O)c(CN(CC4C=CC=C[N-]4)CC4CCCC[N-]4)c3Oc3c2cc(Cl)c(O)c3CN(CC2CCCC[N-]2)CC2CCCC[N-]2)C2CCCCC12.[Zn].[Zn]. The third-order valence-corrected chi connectivity index (χ3v) is 14.5. The van der Waals surface area contributed by atoms with E-state index in [4.69, 9.17) is 53.9 Å². The van der Waals surface area contributed by atoms with E-state index in [-0.39, 0.29) is 113 Å². The zero-order valence-corrected chi connectivity index (χ0v) is 43.9. The minimum Gasteiger partial charge on any atom is -0.684 e. The minimum absolute atomic E-state index is 0. The summed E-state index contributed by atoms with van der Waals surface area (Å²) in [5, 5.41) is 44.1. The average molecular weight is 1010 g/mol. The second-order valence-electron chi connectivity index (χ2n) is 17.9. The van der Waals surface area contributed by atoms with Crippen LogP contribution in [0, 0.1) is 11.8 Å². The first-order chi connectivity index (χ1) is 28.8. The van der Waals surface area contributed by atoms with Gasteiger partial charge in [0.1, 0.15) is 23.0 Å². The molecule has 2 aromatic rings. The van der Waals surface area contributed by atoms with Crippen LogP contribution in [0.15, 0.2) is 36.6 Å². The Labute approximate surface area is 408 Å². The Kier molecular flexibility index (Phi) is 19.2. The predicted octanol–water partition coefficient (Wildman–Crippen LogP) is 8.67. The van der Waals surface area contributed by atoms with Crippen LogP contribution in [0.4, 0.5) is 0 Å². The zero-order chi connectivity index (χ0) is 40.5. The maximum absolute atomic E-state index is 14.1. The van der Waals surface area contributed by atoms with Crippen molar-refractivity contribution in [2.24, 2.45) is 11.8 Å². The number of allylic oxidation sites excluding steroid dienone is 2. The number of carbonyl (C=O) groups excluding carboxylic acids is 1. The molecule has 2 aromatic carbocycles. The summed E-state index contributed by atoms with van der Waals surface area (Å²) in [5.74, 6) is -0.0721. The quantitative estimate of drug-likeness (QED) is 0.156. The molecular formula is C46H62Cl2N6O7Zn2-4. The molecule has 0 radical (unpaired) electrons. The number of piperidine rings is 3. The first kappa shape index (κ1) is 52.1. The fourth-order valence-electron chi connectivity index (χ4n) is 11.0. The van der Waals surface area contributed by atoms with Crippen LogP contribution in [-0.2, 0) is 67.2 Å². The van der Waals surface area contributed by atoms with Crippen molar-refractivity contribution >= 4 is 29.2 Å². The Morgan fingerprint density at radius 3 is 1.60 bits per heavy atom. The summed E-state index contributed by atoms with van der Waals surface area (Å²) in [4.78, 5) is 18.8. The topological polar surface area (TPSA) is 202 Å². The van der Waals surface area contributed by atoms with Crippen molar-refractivity contribution in [3.8, 4) is 23.0 Å². The van der Waals surface area contributed by atoms with E-state index in [2.05, 4.69) is 15.9 Å². The predicted molar refractivity (Wildman–Crippen MR) is 239 cm³/mol. The molecule has 1 saturated carbocycles. The monoisotopic (exact) mass is 1010 g/mol. The summed E-state index contributed by atoms with van der Waals surface area (Å²) in [6.07, 6.45) is 21.0. The molecule has 17 heteroatoms. The van der Waals surface area contributed by atoms with Crippen molar-refractivity contribution < 1.29 is 74.4 Å². The van der Waals surface area contributed by atoms with Gasteiger partial charge >= 0.3 is 5.97 Å². The van der Waals surface area contributed by atoms with Crippen molar-refractivity contribution in [1.29, 1.82) is 0 Å². The Hall–Kier alpha value is -1.86. The number of esters is 1. The Morgan fingerprint density at radius 1 is 0.667 bits per heavy atom. The molecule has 340 valence electrons. The van der Waals surface area contributed by atoms with Gasteiger partial charge in [0, 0.05) is 69.1 Å². The number of hydrogen-bond acceptors (Lipinski definition) is 7. The van der Waals surface area contributed by atoms with E-state index >= 15 is 0 Å². The number of fused-ring (bicyclic) bond motifs is 6. The molecule has 1 aliphatic carbocycles. The first-order valence-corrected chi connectivity index (χ1v) is 23.0. The zero-order valence-electron chi connectivity index (χ0n) is 36.5. The maximum atomic E-state index is 14.1. The molecule has 0 amide bonds. The number of aromatic hydroxyl groups is 2. The number of phenolic OH excluding ortho intramolecular Hbond substituents is 2. The first-order valence-electron chi connectivity index (χ1n) is 22.3. The fourth-order valence-corrected chi connectivity index (χ4v) is 11.4. The Bertz CT molecular complexity index is 1910. The number of ether oxygens (including phenoxy) is 2. The number of halogens is 2. The van der Waals surface area contributed by atoms with Crippen LogP contribution < -0.4 is 4.74 Å². The number of rotatable bonds is 12. The largest absolute Gasteiger partial charge is 0.684 e. The molecule has 6 aliphatic heterocycles. The smallest absolute Gasteiger partial charge is 0.310 e. The number of hydrogen-bond donors (Lipinski definition) is 2. The van der Waals surface area contributed by atoms with Crippen LogP contribution in [0.1, 0.15) is 106 Å². The van der Waals surface area contributed by atoms with Gasteiger partial charge in [0.15, 0.2) is 5.60 Å². The van der Waals surface area contributed by atoms with Gasteiger partial charge in [0.05, 0.1) is 27.1 Å². The van der Waals surface area contributed by atoms with Gasteiger partial charge < -0.3 is 61.7 Å². The molecule has 0 bridgehead atoms. The fraction of sp³-hybridized carbons (Fsp3) is 0.630.